The number of methoxy groups -OCH3 is 1. The van der Waals surface area contributed by atoms with Crippen molar-refractivity contribution >= 4 is 0 Å². The third-order valence-corrected chi connectivity index (χ3v) is 1.77. The Hall–Kier alpha value is -1.46. The van der Waals surface area contributed by atoms with Crippen LogP contribution >= 0.6 is 0 Å². The molecule has 0 aliphatic carbocycles. The molecule has 1 aromatic rings. The molecule has 0 bridgehead atoms. The van der Waals surface area contributed by atoms with E-state index in [-0.39, 0.29) is 0 Å². The normalized spacial score (nSPS) is 9.50. The highest BCUT2D eigenvalue weighted by atomic mass is 16.5. The molecule has 0 radical (unpaired) electrons. The highest BCUT2D eigenvalue weighted by Gasteiger charge is 1.97. The van der Waals surface area contributed by atoms with Crippen LogP contribution in [0.4, 0.5) is 0 Å². The number of ether oxygens (including phenoxy) is 2. The Labute approximate surface area is 84.8 Å². The molecular formula is C12H14O2. The van der Waals surface area contributed by atoms with Gasteiger partial charge in [-0.15, -0.1) is 6.42 Å². The second-order valence-electron chi connectivity index (χ2n) is 3.02. The van der Waals surface area contributed by atoms with Crippen LogP contribution in [0.25, 0.3) is 0 Å². The number of hydrogen-bond donors (Lipinski definition) is 0. The molecule has 1 aromatic carbocycles. The van der Waals surface area contributed by atoms with E-state index < -0.39 is 0 Å². The van der Waals surface area contributed by atoms with E-state index in [1.165, 1.54) is 0 Å². The molecular weight excluding hydrogens is 176 g/mol. The fourth-order valence-corrected chi connectivity index (χ4v) is 1.16. The van der Waals surface area contributed by atoms with E-state index in [2.05, 4.69) is 5.92 Å². The molecule has 0 spiro atoms. The third-order valence-electron chi connectivity index (χ3n) is 1.77. The summed E-state index contributed by atoms with van der Waals surface area (Å²) in [5.74, 6) is 3.39. The molecule has 0 N–H and O–H groups in total. The smallest absolute Gasteiger partial charge is 0.120 e. The molecule has 0 aromatic heterocycles. The second kappa shape index (κ2) is 5.31. The van der Waals surface area contributed by atoms with Crippen LogP contribution in [0.2, 0.25) is 0 Å². The molecule has 0 aliphatic rings. The van der Waals surface area contributed by atoms with E-state index in [4.69, 9.17) is 15.9 Å². The van der Waals surface area contributed by atoms with E-state index in [1.807, 2.05) is 25.1 Å². The van der Waals surface area contributed by atoms with E-state index in [9.17, 15) is 0 Å². The van der Waals surface area contributed by atoms with Gasteiger partial charge < -0.3 is 9.47 Å². The van der Waals surface area contributed by atoms with Crippen LogP contribution in [0.1, 0.15) is 11.1 Å². The molecule has 1 rings (SSSR count). The SMILES string of the molecule is C#Cc1cc(C)cc(OCCOC)c1. The fourth-order valence-electron chi connectivity index (χ4n) is 1.16. The van der Waals surface area contributed by atoms with Gasteiger partial charge in [-0.25, -0.2) is 0 Å². The van der Waals surface area contributed by atoms with Crippen LogP contribution in [0.3, 0.4) is 0 Å². The second-order valence-corrected chi connectivity index (χ2v) is 3.02. The standard InChI is InChI=1S/C12H14O2/c1-4-11-7-10(2)8-12(9-11)14-6-5-13-3/h1,7-9H,5-6H2,2-3H3. The van der Waals surface area contributed by atoms with E-state index in [0.717, 1.165) is 16.9 Å². The Kier molecular flexibility index (Phi) is 4.03. The molecule has 0 amide bonds. The van der Waals surface area contributed by atoms with Gasteiger partial charge >= 0.3 is 0 Å². The lowest BCUT2D eigenvalue weighted by molar-refractivity contribution is 0.146. The maximum Gasteiger partial charge on any atom is 0.120 e. The van der Waals surface area contributed by atoms with Crippen molar-refractivity contribution < 1.29 is 9.47 Å². The molecule has 0 aliphatic heterocycles. The first kappa shape index (κ1) is 10.6. The number of hydrogen-bond acceptors (Lipinski definition) is 2. The van der Waals surface area contributed by atoms with Crippen molar-refractivity contribution in [1.29, 1.82) is 0 Å². The van der Waals surface area contributed by atoms with Crippen LogP contribution in [0.15, 0.2) is 18.2 Å². The zero-order valence-corrected chi connectivity index (χ0v) is 8.54. The van der Waals surface area contributed by atoms with Crippen molar-refractivity contribution in [2.75, 3.05) is 20.3 Å². The van der Waals surface area contributed by atoms with Crippen molar-refractivity contribution in [2.45, 2.75) is 6.92 Å². The molecule has 2 heteroatoms. The van der Waals surface area contributed by atoms with Gasteiger partial charge in [0.05, 0.1) is 6.61 Å². The van der Waals surface area contributed by atoms with Gasteiger partial charge in [0, 0.05) is 12.7 Å². The van der Waals surface area contributed by atoms with E-state index in [1.54, 1.807) is 7.11 Å². The molecule has 0 fully saturated rings. The lowest BCUT2D eigenvalue weighted by Gasteiger charge is -2.06. The summed E-state index contributed by atoms with van der Waals surface area (Å²) in [5, 5.41) is 0. The maximum absolute atomic E-state index is 5.45. The van der Waals surface area contributed by atoms with Gasteiger partial charge in [0.25, 0.3) is 0 Å². The zero-order valence-electron chi connectivity index (χ0n) is 8.54. The monoisotopic (exact) mass is 190 g/mol. The average Bonchev–Trinajstić information content (AvgIpc) is 2.17. The predicted octanol–water partition coefficient (Wildman–Crippen LogP) is 2.00. The average molecular weight is 190 g/mol. The summed E-state index contributed by atoms with van der Waals surface area (Å²) >= 11 is 0. The summed E-state index contributed by atoms with van der Waals surface area (Å²) in [6.45, 7) is 3.12. The van der Waals surface area contributed by atoms with Crippen molar-refractivity contribution in [3.8, 4) is 18.1 Å². The third kappa shape index (κ3) is 3.12. The van der Waals surface area contributed by atoms with Crippen LogP contribution in [-0.2, 0) is 4.74 Å². The molecule has 14 heavy (non-hydrogen) atoms. The largest absolute Gasteiger partial charge is 0.491 e. The van der Waals surface area contributed by atoms with Gasteiger partial charge in [0.2, 0.25) is 0 Å². The predicted molar refractivity (Wildman–Crippen MR) is 56.5 cm³/mol. The molecule has 0 unspecified atom stereocenters. The fraction of sp³-hybridized carbons (Fsp3) is 0.333. The van der Waals surface area contributed by atoms with Crippen LogP contribution in [0, 0.1) is 19.3 Å². The Bertz CT molecular complexity index is 337. The van der Waals surface area contributed by atoms with E-state index in [0.29, 0.717) is 13.2 Å². The Morgan fingerprint density at radius 2 is 2.07 bits per heavy atom. The number of benzene rings is 1. The highest BCUT2D eigenvalue weighted by molar-refractivity contribution is 5.41. The summed E-state index contributed by atoms with van der Waals surface area (Å²) in [6, 6.07) is 5.75. The minimum atomic E-state index is 0.546. The van der Waals surface area contributed by atoms with Crippen molar-refractivity contribution in [1.82, 2.24) is 0 Å². The number of terminal acetylenes is 1. The Balaban J connectivity index is 2.68. The Morgan fingerprint density at radius 3 is 2.71 bits per heavy atom. The lowest BCUT2D eigenvalue weighted by atomic mass is 10.1. The summed E-state index contributed by atoms with van der Waals surface area (Å²) in [5.41, 5.74) is 1.95. The maximum atomic E-state index is 5.45. The first-order chi connectivity index (χ1) is 6.76. The van der Waals surface area contributed by atoms with Crippen LogP contribution in [-0.4, -0.2) is 20.3 Å². The van der Waals surface area contributed by atoms with Crippen LogP contribution in [0.5, 0.6) is 5.75 Å². The van der Waals surface area contributed by atoms with Gasteiger partial charge in [0.1, 0.15) is 12.4 Å². The zero-order chi connectivity index (χ0) is 10.4. The Morgan fingerprint density at radius 1 is 1.29 bits per heavy atom. The first-order valence-corrected chi connectivity index (χ1v) is 4.46. The van der Waals surface area contributed by atoms with Gasteiger partial charge in [-0.05, 0) is 30.7 Å². The summed E-state index contributed by atoms with van der Waals surface area (Å²) < 4.78 is 10.3. The van der Waals surface area contributed by atoms with Gasteiger partial charge in [-0.3, -0.25) is 0 Å². The van der Waals surface area contributed by atoms with E-state index >= 15 is 0 Å². The first-order valence-electron chi connectivity index (χ1n) is 4.46. The minimum Gasteiger partial charge on any atom is -0.491 e. The molecule has 0 atom stereocenters. The molecule has 2 nitrogen and oxygen atoms in total. The summed E-state index contributed by atoms with van der Waals surface area (Å²) in [6.07, 6.45) is 5.31. The van der Waals surface area contributed by atoms with Crippen LogP contribution < -0.4 is 4.74 Å². The lowest BCUT2D eigenvalue weighted by Crippen LogP contribution is -2.04. The van der Waals surface area contributed by atoms with Crippen molar-refractivity contribution in [3.05, 3.63) is 29.3 Å². The van der Waals surface area contributed by atoms with Gasteiger partial charge in [-0.1, -0.05) is 5.92 Å². The van der Waals surface area contributed by atoms with Gasteiger partial charge in [0.15, 0.2) is 0 Å². The number of rotatable bonds is 4. The topological polar surface area (TPSA) is 18.5 Å². The summed E-state index contributed by atoms with van der Waals surface area (Å²) in [7, 11) is 1.65. The quantitative estimate of drug-likeness (QED) is 0.534. The summed E-state index contributed by atoms with van der Waals surface area (Å²) in [4.78, 5) is 0. The van der Waals surface area contributed by atoms with Gasteiger partial charge in [-0.2, -0.15) is 0 Å². The molecule has 74 valence electrons. The van der Waals surface area contributed by atoms with Crippen molar-refractivity contribution in [2.24, 2.45) is 0 Å². The number of aryl methyl sites for hydroxylation is 1. The molecule has 0 saturated heterocycles. The van der Waals surface area contributed by atoms with Crippen molar-refractivity contribution in [3.63, 3.8) is 0 Å². The highest BCUT2D eigenvalue weighted by Crippen LogP contribution is 2.15. The molecule has 0 saturated carbocycles. The molecule has 0 heterocycles. The minimum absolute atomic E-state index is 0.546.